The molecule has 1 atom stereocenters. The van der Waals surface area contributed by atoms with Gasteiger partial charge in [0.2, 0.25) is 0 Å². The molecule has 14 heavy (non-hydrogen) atoms. The Labute approximate surface area is 83.9 Å². The Kier molecular flexibility index (Phi) is 4.65. The van der Waals surface area contributed by atoms with Crippen molar-refractivity contribution in [3.8, 4) is 0 Å². The topological polar surface area (TPSA) is 54.6 Å². The summed E-state index contributed by atoms with van der Waals surface area (Å²) in [5, 5.41) is 12.1. The van der Waals surface area contributed by atoms with Crippen molar-refractivity contribution in [2.75, 3.05) is 20.3 Å². The molecule has 0 bridgehead atoms. The van der Waals surface area contributed by atoms with Crippen LogP contribution in [0.3, 0.4) is 0 Å². The zero-order valence-corrected chi connectivity index (χ0v) is 8.62. The van der Waals surface area contributed by atoms with Gasteiger partial charge in [-0.1, -0.05) is 0 Å². The highest BCUT2D eigenvalue weighted by atomic mass is 16.5. The fraction of sp³-hybridized carbons (Fsp3) is 0.600. The third-order valence-corrected chi connectivity index (χ3v) is 2.11. The Morgan fingerprint density at radius 1 is 1.64 bits per heavy atom. The zero-order chi connectivity index (χ0) is 10.4. The van der Waals surface area contributed by atoms with E-state index in [1.165, 1.54) is 0 Å². The van der Waals surface area contributed by atoms with Crippen LogP contribution in [0.25, 0.3) is 0 Å². The molecule has 1 aromatic heterocycles. The summed E-state index contributed by atoms with van der Waals surface area (Å²) >= 11 is 0. The molecule has 0 fully saturated rings. The van der Waals surface area contributed by atoms with Crippen LogP contribution in [0.1, 0.15) is 11.3 Å². The van der Waals surface area contributed by atoms with Crippen molar-refractivity contribution in [2.45, 2.75) is 19.5 Å². The van der Waals surface area contributed by atoms with Gasteiger partial charge in [0.25, 0.3) is 0 Å². The van der Waals surface area contributed by atoms with Gasteiger partial charge in [-0.2, -0.15) is 0 Å². The van der Waals surface area contributed by atoms with Crippen molar-refractivity contribution in [3.05, 3.63) is 23.7 Å². The second-order valence-electron chi connectivity index (χ2n) is 3.24. The van der Waals surface area contributed by atoms with Crippen LogP contribution in [0.2, 0.25) is 0 Å². The van der Waals surface area contributed by atoms with E-state index in [1.54, 1.807) is 13.4 Å². The van der Waals surface area contributed by atoms with E-state index in [9.17, 15) is 0 Å². The van der Waals surface area contributed by atoms with Crippen LogP contribution < -0.4 is 5.32 Å². The summed E-state index contributed by atoms with van der Waals surface area (Å²) in [5.74, 6) is 0.902. The maximum atomic E-state index is 8.98. The molecule has 1 aromatic rings. The van der Waals surface area contributed by atoms with Crippen LogP contribution in [0.15, 0.2) is 16.7 Å². The first-order valence-corrected chi connectivity index (χ1v) is 4.64. The standard InChI is InChI=1S/C10H17NO3/c1-8-3-4-14-10(8)5-11-9(6-12)7-13-2/h3-4,9,11-12H,5-7H2,1-2H3. The van der Waals surface area contributed by atoms with E-state index in [2.05, 4.69) is 5.32 Å². The van der Waals surface area contributed by atoms with E-state index in [0.717, 1.165) is 11.3 Å². The average molecular weight is 199 g/mol. The first kappa shape index (κ1) is 11.2. The van der Waals surface area contributed by atoms with Crippen molar-refractivity contribution >= 4 is 0 Å². The number of aliphatic hydroxyl groups excluding tert-OH is 1. The minimum atomic E-state index is -0.0375. The van der Waals surface area contributed by atoms with Gasteiger partial charge in [0.1, 0.15) is 5.76 Å². The Hall–Kier alpha value is -0.840. The highest BCUT2D eigenvalue weighted by Gasteiger charge is 2.08. The number of hydrogen-bond acceptors (Lipinski definition) is 4. The van der Waals surface area contributed by atoms with Gasteiger partial charge in [-0.25, -0.2) is 0 Å². The fourth-order valence-electron chi connectivity index (χ4n) is 1.20. The summed E-state index contributed by atoms with van der Waals surface area (Å²) < 4.78 is 10.2. The van der Waals surface area contributed by atoms with Crippen molar-refractivity contribution < 1.29 is 14.3 Å². The van der Waals surface area contributed by atoms with E-state index in [1.807, 2.05) is 13.0 Å². The average Bonchev–Trinajstić information content (AvgIpc) is 2.59. The highest BCUT2D eigenvalue weighted by molar-refractivity contribution is 5.14. The predicted octanol–water partition coefficient (Wildman–Crippen LogP) is 0.685. The van der Waals surface area contributed by atoms with E-state index in [0.29, 0.717) is 13.2 Å². The highest BCUT2D eigenvalue weighted by Crippen LogP contribution is 2.08. The Bertz CT molecular complexity index is 260. The van der Waals surface area contributed by atoms with Crippen molar-refractivity contribution in [1.29, 1.82) is 0 Å². The lowest BCUT2D eigenvalue weighted by molar-refractivity contribution is 0.127. The van der Waals surface area contributed by atoms with Crippen molar-refractivity contribution in [2.24, 2.45) is 0 Å². The molecule has 0 spiro atoms. The first-order chi connectivity index (χ1) is 6.77. The number of nitrogens with one attached hydrogen (secondary N) is 1. The van der Waals surface area contributed by atoms with Gasteiger partial charge in [-0.05, 0) is 18.6 Å². The molecule has 0 amide bonds. The zero-order valence-electron chi connectivity index (χ0n) is 8.62. The summed E-state index contributed by atoms with van der Waals surface area (Å²) in [6.45, 7) is 3.17. The molecule has 1 unspecified atom stereocenters. The second kappa shape index (κ2) is 5.80. The number of ether oxygens (including phenoxy) is 1. The summed E-state index contributed by atoms with van der Waals surface area (Å²) in [6.07, 6.45) is 1.66. The normalized spacial score (nSPS) is 13.1. The van der Waals surface area contributed by atoms with Gasteiger partial charge < -0.3 is 19.6 Å². The number of hydrogen-bond donors (Lipinski definition) is 2. The molecular formula is C10H17NO3. The largest absolute Gasteiger partial charge is 0.468 e. The molecule has 2 N–H and O–H groups in total. The van der Waals surface area contributed by atoms with E-state index in [-0.39, 0.29) is 12.6 Å². The van der Waals surface area contributed by atoms with Crippen LogP contribution in [0, 0.1) is 6.92 Å². The molecule has 1 rings (SSSR count). The number of furan rings is 1. The molecule has 0 aliphatic carbocycles. The maximum absolute atomic E-state index is 8.98. The summed E-state index contributed by atoms with van der Waals surface area (Å²) in [6, 6.07) is 1.88. The molecule has 80 valence electrons. The molecule has 1 heterocycles. The van der Waals surface area contributed by atoms with Crippen LogP contribution in [0.4, 0.5) is 0 Å². The monoisotopic (exact) mass is 199 g/mol. The third-order valence-electron chi connectivity index (χ3n) is 2.11. The van der Waals surface area contributed by atoms with Crippen LogP contribution >= 0.6 is 0 Å². The second-order valence-corrected chi connectivity index (χ2v) is 3.24. The Balaban J connectivity index is 2.35. The van der Waals surface area contributed by atoms with Gasteiger partial charge in [-0.15, -0.1) is 0 Å². The van der Waals surface area contributed by atoms with Gasteiger partial charge in [0.15, 0.2) is 0 Å². The lowest BCUT2D eigenvalue weighted by Crippen LogP contribution is -2.35. The molecular weight excluding hydrogens is 182 g/mol. The van der Waals surface area contributed by atoms with Crippen LogP contribution in [0.5, 0.6) is 0 Å². The van der Waals surface area contributed by atoms with Crippen LogP contribution in [-0.2, 0) is 11.3 Å². The predicted molar refractivity (Wildman–Crippen MR) is 53.0 cm³/mol. The summed E-state index contributed by atoms with van der Waals surface area (Å²) in [5.41, 5.74) is 1.12. The van der Waals surface area contributed by atoms with Crippen LogP contribution in [-0.4, -0.2) is 31.5 Å². The first-order valence-electron chi connectivity index (χ1n) is 4.64. The number of aryl methyl sites for hydroxylation is 1. The number of methoxy groups -OCH3 is 1. The van der Waals surface area contributed by atoms with E-state index < -0.39 is 0 Å². The van der Waals surface area contributed by atoms with E-state index in [4.69, 9.17) is 14.3 Å². The van der Waals surface area contributed by atoms with Gasteiger partial charge >= 0.3 is 0 Å². The minimum Gasteiger partial charge on any atom is -0.468 e. The van der Waals surface area contributed by atoms with Gasteiger partial charge in [-0.3, -0.25) is 0 Å². The molecule has 0 saturated heterocycles. The van der Waals surface area contributed by atoms with Gasteiger partial charge in [0.05, 0.1) is 32.1 Å². The fourth-order valence-corrected chi connectivity index (χ4v) is 1.20. The Morgan fingerprint density at radius 3 is 2.93 bits per heavy atom. The van der Waals surface area contributed by atoms with Crippen molar-refractivity contribution in [1.82, 2.24) is 5.32 Å². The van der Waals surface area contributed by atoms with Crippen molar-refractivity contribution in [3.63, 3.8) is 0 Å². The smallest absolute Gasteiger partial charge is 0.120 e. The molecule has 0 saturated carbocycles. The quantitative estimate of drug-likeness (QED) is 0.707. The molecule has 0 radical (unpaired) electrons. The SMILES string of the molecule is COCC(CO)NCc1occc1C. The number of rotatable bonds is 6. The maximum Gasteiger partial charge on any atom is 0.120 e. The molecule has 0 aliphatic rings. The summed E-state index contributed by atoms with van der Waals surface area (Å²) in [7, 11) is 1.61. The van der Waals surface area contributed by atoms with Gasteiger partial charge in [0, 0.05) is 7.11 Å². The summed E-state index contributed by atoms with van der Waals surface area (Å²) in [4.78, 5) is 0. The molecule has 4 nitrogen and oxygen atoms in total. The lowest BCUT2D eigenvalue weighted by Gasteiger charge is -2.14. The molecule has 4 heteroatoms. The third kappa shape index (κ3) is 3.14. The molecule has 0 aromatic carbocycles. The molecule has 0 aliphatic heterocycles. The van der Waals surface area contributed by atoms with E-state index >= 15 is 0 Å². The number of aliphatic hydroxyl groups is 1. The Morgan fingerprint density at radius 2 is 2.43 bits per heavy atom. The lowest BCUT2D eigenvalue weighted by atomic mass is 10.2. The minimum absolute atomic E-state index is 0.0375.